The first-order valence-electron chi connectivity index (χ1n) is 9.10. The highest BCUT2D eigenvalue weighted by molar-refractivity contribution is 6.12. The average molecular weight is 369 g/mol. The maximum Gasteiger partial charge on any atom is 0.257 e. The van der Waals surface area contributed by atoms with Crippen LogP contribution in [0.15, 0.2) is 79.0 Å². The van der Waals surface area contributed by atoms with Crippen LogP contribution in [-0.2, 0) is 0 Å². The van der Waals surface area contributed by atoms with E-state index < -0.39 is 0 Å². The number of nitrogens with zero attached hydrogens (tertiary/aromatic N) is 2. The zero-order valence-electron chi connectivity index (χ0n) is 15.4. The second-order valence-corrected chi connectivity index (χ2v) is 6.17. The molecule has 1 N–H and O–H groups in total. The highest BCUT2D eigenvalue weighted by atomic mass is 16.5. The van der Waals surface area contributed by atoms with E-state index in [1.54, 1.807) is 24.4 Å². The van der Waals surface area contributed by atoms with Crippen molar-refractivity contribution in [2.75, 3.05) is 11.9 Å². The van der Waals surface area contributed by atoms with E-state index in [0.717, 1.165) is 22.2 Å². The first kappa shape index (κ1) is 17.7. The summed E-state index contributed by atoms with van der Waals surface area (Å²) in [7, 11) is 0. The van der Waals surface area contributed by atoms with Gasteiger partial charge >= 0.3 is 0 Å². The number of para-hydroxylation sites is 2. The van der Waals surface area contributed by atoms with Crippen molar-refractivity contribution in [1.82, 2.24) is 9.97 Å². The van der Waals surface area contributed by atoms with E-state index in [1.807, 2.05) is 61.5 Å². The number of rotatable bonds is 5. The minimum Gasteiger partial charge on any atom is -0.493 e. The van der Waals surface area contributed by atoms with Crippen LogP contribution in [0.25, 0.3) is 22.2 Å². The minimum absolute atomic E-state index is 0.229. The van der Waals surface area contributed by atoms with Crippen molar-refractivity contribution in [3.05, 3.63) is 84.6 Å². The number of benzene rings is 2. The van der Waals surface area contributed by atoms with Crippen LogP contribution in [-0.4, -0.2) is 22.5 Å². The normalized spacial score (nSPS) is 10.6. The molecule has 0 saturated carbocycles. The number of hydrogen-bond donors (Lipinski definition) is 1. The Morgan fingerprint density at radius 1 is 1.00 bits per heavy atom. The molecule has 0 aliphatic carbocycles. The average Bonchev–Trinajstić information content (AvgIpc) is 2.74. The van der Waals surface area contributed by atoms with Crippen LogP contribution in [0.2, 0.25) is 0 Å². The molecule has 0 atom stereocenters. The molecule has 1 amide bonds. The van der Waals surface area contributed by atoms with Crippen molar-refractivity contribution in [2.45, 2.75) is 6.92 Å². The quantitative estimate of drug-likeness (QED) is 0.541. The lowest BCUT2D eigenvalue weighted by molar-refractivity contribution is 0.102. The van der Waals surface area contributed by atoms with E-state index in [2.05, 4.69) is 10.3 Å². The molecule has 0 aliphatic heterocycles. The predicted molar refractivity (Wildman–Crippen MR) is 111 cm³/mol. The molecule has 2 aromatic carbocycles. The second kappa shape index (κ2) is 7.88. The lowest BCUT2D eigenvalue weighted by atomic mass is 10.0. The monoisotopic (exact) mass is 369 g/mol. The number of anilines is 1. The van der Waals surface area contributed by atoms with Crippen LogP contribution in [0.1, 0.15) is 17.3 Å². The molecule has 4 aromatic rings. The van der Waals surface area contributed by atoms with E-state index in [1.165, 1.54) is 0 Å². The highest BCUT2D eigenvalue weighted by Crippen LogP contribution is 2.31. The van der Waals surface area contributed by atoms with Crippen LogP contribution in [0.3, 0.4) is 0 Å². The van der Waals surface area contributed by atoms with Gasteiger partial charge in [-0.05, 0) is 43.3 Å². The Morgan fingerprint density at radius 3 is 2.61 bits per heavy atom. The molecule has 4 rings (SSSR count). The third kappa shape index (κ3) is 3.55. The van der Waals surface area contributed by atoms with Gasteiger partial charge in [0, 0.05) is 17.1 Å². The summed E-state index contributed by atoms with van der Waals surface area (Å²) in [6.07, 6.45) is 1.64. The summed E-state index contributed by atoms with van der Waals surface area (Å²) >= 11 is 0. The van der Waals surface area contributed by atoms with Crippen molar-refractivity contribution in [3.8, 4) is 17.0 Å². The highest BCUT2D eigenvalue weighted by Gasteiger charge is 2.16. The Morgan fingerprint density at radius 2 is 1.79 bits per heavy atom. The van der Waals surface area contributed by atoms with E-state index in [0.29, 0.717) is 23.7 Å². The van der Waals surface area contributed by atoms with Gasteiger partial charge in [-0.1, -0.05) is 36.4 Å². The maximum absolute atomic E-state index is 13.0. The Bertz CT molecular complexity index is 1130. The summed E-state index contributed by atoms with van der Waals surface area (Å²) < 4.78 is 5.75. The first-order valence-corrected chi connectivity index (χ1v) is 9.10. The van der Waals surface area contributed by atoms with E-state index >= 15 is 0 Å². The molecule has 0 spiro atoms. The number of fused-ring (bicyclic) bond motifs is 1. The number of ether oxygens (including phenoxy) is 1. The largest absolute Gasteiger partial charge is 0.493 e. The Hall–Kier alpha value is -3.73. The lowest BCUT2D eigenvalue weighted by Gasteiger charge is -2.13. The Balaban J connectivity index is 1.83. The SMILES string of the molecule is CCOc1ccccc1-c1cc(C(=O)Nc2ccccn2)c2ccccc2n1. The molecule has 2 aromatic heterocycles. The lowest BCUT2D eigenvalue weighted by Crippen LogP contribution is -2.14. The van der Waals surface area contributed by atoms with Gasteiger partial charge in [0.05, 0.1) is 23.4 Å². The third-order valence-corrected chi connectivity index (χ3v) is 4.33. The van der Waals surface area contributed by atoms with Crippen LogP contribution in [0.5, 0.6) is 5.75 Å². The van der Waals surface area contributed by atoms with Gasteiger partial charge in [0.2, 0.25) is 0 Å². The first-order chi connectivity index (χ1) is 13.8. The number of hydrogen-bond acceptors (Lipinski definition) is 4. The van der Waals surface area contributed by atoms with E-state index in [-0.39, 0.29) is 5.91 Å². The molecular formula is C23H19N3O2. The van der Waals surface area contributed by atoms with Crippen LogP contribution in [0.4, 0.5) is 5.82 Å². The number of amides is 1. The van der Waals surface area contributed by atoms with Crippen molar-refractivity contribution in [1.29, 1.82) is 0 Å². The molecule has 5 heteroatoms. The molecule has 0 unspecified atom stereocenters. The fourth-order valence-electron chi connectivity index (χ4n) is 3.08. The van der Waals surface area contributed by atoms with Gasteiger partial charge in [-0.2, -0.15) is 0 Å². The smallest absolute Gasteiger partial charge is 0.257 e. The van der Waals surface area contributed by atoms with Gasteiger partial charge < -0.3 is 10.1 Å². The summed E-state index contributed by atoms with van der Waals surface area (Å²) in [5.74, 6) is 1.01. The van der Waals surface area contributed by atoms with Crippen molar-refractivity contribution >= 4 is 22.6 Å². The molecule has 0 saturated heterocycles. The fourth-order valence-corrected chi connectivity index (χ4v) is 3.08. The van der Waals surface area contributed by atoms with Crippen LogP contribution in [0, 0.1) is 0 Å². The molecule has 2 heterocycles. The minimum atomic E-state index is -0.229. The predicted octanol–water partition coefficient (Wildman–Crippen LogP) is 4.95. The van der Waals surface area contributed by atoms with Gasteiger partial charge in [0.15, 0.2) is 0 Å². The summed E-state index contributed by atoms with van der Waals surface area (Å²) in [6, 6.07) is 22.5. The van der Waals surface area contributed by atoms with Crippen LogP contribution < -0.4 is 10.1 Å². The Kier molecular flexibility index (Phi) is 4.97. The second-order valence-electron chi connectivity index (χ2n) is 6.17. The number of nitrogens with one attached hydrogen (secondary N) is 1. The number of aromatic nitrogens is 2. The number of carbonyl (C=O) groups excluding carboxylic acids is 1. The van der Waals surface area contributed by atoms with Gasteiger partial charge in [-0.15, -0.1) is 0 Å². The molecule has 0 radical (unpaired) electrons. The zero-order chi connectivity index (χ0) is 19.3. The summed E-state index contributed by atoms with van der Waals surface area (Å²) in [5.41, 5.74) is 2.82. The van der Waals surface area contributed by atoms with Crippen molar-refractivity contribution in [2.24, 2.45) is 0 Å². The summed E-state index contributed by atoms with van der Waals surface area (Å²) in [5, 5.41) is 3.65. The molecular weight excluding hydrogens is 350 g/mol. The van der Waals surface area contributed by atoms with Crippen molar-refractivity contribution in [3.63, 3.8) is 0 Å². The van der Waals surface area contributed by atoms with Gasteiger partial charge in [0.1, 0.15) is 11.6 Å². The topological polar surface area (TPSA) is 64.1 Å². The number of carbonyl (C=O) groups is 1. The fraction of sp³-hybridized carbons (Fsp3) is 0.0870. The third-order valence-electron chi connectivity index (χ3n) is 4.33. The Labute approximate surface area is 163 Å². The van der Waals surface area contributed by atoms with E-state index in [9.17, 15) is 4.79 Å². The summed E-state index contributed by atoms with van der Waals surface area (Å²) in [4.78, 5) is 22.0. The molecule has 5 nitrogen and oxygen atoms in total. The molecule has 28 heavy (non-hydrogen) atoms. The molecule has 0 fully saturated rings. The van der Waals surface area contributed by atoms with Gasteiger partial charge in [0.25, 0.3) is 5.91 Å². The van der Waals surface area contributed by atoms with Crippen LogP contribution >= 0.6 is 0 Å². The van der Waals surface area contributed by atoms with Gasteiger partial charge in [-0.25, -0.2) is 9.97 Å². The van der Waals surface area contributed by atoms with E-state index in [4.69, 9.17) is 9.72 Å². The zero-order valence-corrected chi connectivity index (χ0v) is 15.4. The maximum atomic E-state index is 13.0. The molecule has 0 aliphatic rings. The summed E-state index contributed by atoms with van der Waals surface area (Å²) in [6.45, 7) is 2.49. The number of pyridine rings is 2. The van der Waals surface area contributed by atoms with Crippen molar-refractivity contribution < 1.29 is 9.53 Å². The molecule has 138 valence electrons. The standard InChI is InChI=1S/C23H19N3O2/c1-2-28-21-12-6-4-10-17(21)20-15-18(16-9-3-5-11-19(16)25-20)23(27)26-22-13-7-8-14-24-22/h3-15H,2H2,1H3,(H,24,26,27). The van der Waals surface area contributed by atoms with Gasteiger partial charge in [-0.3, -0.25) is 4.79 Å². The molecule has 0 bridgehead atoms.